The summed E-state index contributed by atoms with van der Waals surface area (Å²) in [5.41, 5.74) is 0.900. The molecule has 8 nitrogen and oxygen atoms in total. The summed E-state index contributed by atoms with van der Waals surface area (Å²) in [5.74, 6) is 2.65. The maximum atomic E-state index is 12.7. The number of amides is 1. The Labute approximate surface area is 203 Å². The van der Waals surface area contributed by atoms with Crippen LogP contribution in [0.4, 0.5) is 0 Å². The summed E-state index contributed by atoms with van der Waals surface area (Å²) in [4.78, 5) is 22.3. The fourth-order valence-corrected chi connectivity index (χ4v) is 4.29. The average Bonchev–Trinajstić information content (AvgIpc) is 3.55. The van der Waals surface area contributed by atoms with Crippen molar-refractivity contribution >= 4 is 23.3 Å². The number of thiophene rings is 1. The molecule has 180 valence electrons. The van der Waals surface area contributed by atoms with Crippen LogP contribution in [-0.2, 0) is 11.3 Å². The molecule has 0 atom stereocenters. The van der Waals surface area contributed by atoms with E-state index in [1.807, 2.05) is 53.6 Å². The summed E-state index contributed by atoms with van der Waals surface area (Å²) in [7, 11) is 0. The number of nitrogens with zero attached hydrogens (tertiary/aromatic N) is 4. The number of aromatic nitrogens is 2. The van der Waals surface area contributed by atoms with Gasteiger partial charge >= 0.3 is 0 Å². The Bertz CT molecular complexity index is 1090. The number of hydrogen-bond donors (Lipinski definition) is 0. The quantitative estimate of drug-likeness (QED) is 0.398. The molecule has 1 aliphatic rings. The van der Waals surface area contributed by atoms with Crippen LogP contribution < -0.4 is 9.47 Å². The molecule has 1 amide bonds. The lowest BCUT2D eigenvalue weighted by atomic mass is 10.1. The van der Waals surface area contributed by atoms with Crippen molar-refractivity contribution < 1.29 is 18.8 Å². The molecule has 1 aliphatic heterocycles. The molecule has 0 radical (unpaired) electrons. The fraction of sp³-hybridized carbons (Fsp3) is 0.400. The highest BCUT2D eigenvalue weighted by molar-refractivity contribution is 7.13. The van der Waals surface area contributed by atoms with Crippen LogP contribution in [0, 0.1) is 0 Å². The number of carbonyl (C=O) groups excluding carboxylic acids is 1. The zero-order valence-corrected chi connectivity index (χ0v) is 20.4. The molecule has 3 heterocycles. The molecule has 2 aromatic heterocycles. The van der Waals surface area contributed by atoms with Crippen LogP contribution in [-0.4, -0.2) is 65.2 Å². The SMILES string of the molecule is CCCOc1ccc(/C=C/C(=O)N2CCN(Cc3nc(-c4cccs4)no3)CC2)cc1OCC. The summed E-state index contributed by atoms with van der Waals surface area (Å²) < 4.78 is 16.9. The largest absolute Gasteiger partial charge is 0.490 e. The number of carbonyl (C=O) groups is 1. The molecule has 1 fully saturated rings. The molecule has 3 aromatic rings. The van der Waals surface area contributed by atoms with Crippen LogP contribution in [0.15, 0.2) is 46.3 Å². The van der Waals surface area contributed by atoms with Gasteiger partial charge in [0.05, 0.1) is 24.6 Å². The monoisotopic (exact) mass is 482 g/mol. The minimum Gasteiger partial charge on any atom is -0.490 e. The normalized spacial score (nSPS) is 14.6. The van der Waals surface area contributed by atoms with Gasteiger partial charge in [-0.15, -0.1) is 11.3 Å². The van der Waals surface area contributed by atoms with Gasteiger partial charge in [-0.2, -0.15) is 4.98 Å². The third-order valence-corrected chi connectivity index (χ3v) is 6.27. The zero-order chi connectivity index (χ0) is 23.8. The smallest absolute Gasteiger partial charge is 0.246 e. The third-order valence-electron chi connectivity index (χ3n) is 5.40. The second-order valence-corrected chi connectivity index (χ2v) is 8.86. The first-order chi connectivity index (χ1) is 16.7. The molecule has 9 heteroatoms. The molecule has 0 bridgehead atoms. The topological polar surface area (TPSA) is 80.9 Å². The molecular weight excluding hydrogens is 452 g/mol. The van der Waals surface area contributed by atoms with E-state index >= 15 is 0 Å². The van der Waals surface area contributed by atoms with Crippen molar-refractivity contribution in [2.75, 3.05) is 39.4 Å². The zero-order valence-electron chi connectivity index (χ0n) is 19.6. The molecular formula is C25H30N4O4S. The second kappa shape index (κ2) is 11.8. The van der Waals surface area contributed by atoms with Crippen LogP contribution in [0.1, 0.15) is 31.7 Å². The van der Waals surface area contributed by atoms with Gasteiger partial charge in [0.2, 0.25) is 17.6 Å². The predicted molar refractivity (Wildman–Crippen MR) is 132 cm³/mol. The van der Waals surface area contributed by atoms with E-state index in [-0.39, 0.29) is 5.91 Å². The van der Waals surface area contributed by atoms with Gasteiger partial charge in [0, 0.05) is 32.3 Å². The molecule has 1 aromatic carbocycles. The van der Waals surface area contributed by atoms with E-state index in [1.54, 1.807) is 17.4 Å². The van der Waals surface area contributed by atoms with Crippen molar-refractivity contribution in [3.8, 4) is 22.2 Å². The van der Waals surface area contributed by atoms with Crippen LogP contribution in [0.3, 0.4) is 0 Å². The predicted octanol–water partition coefficient (Wildman–Crippen LogP) is 4.34. The summed E-state index contributed by atoms with van der Waals surface area (Å²) in [5, 5.41) is 6.06. The fourth-order valence-electron chi connectivity index (χ4n) is 3.64. The first-order valence-corrected chi connectivity index (χ1v) is 12.5. The van der Waals surface area contributed by atoms with E-state index in [0.717, 1.165) is 35.7 Å². The van der Waals surface area contributed by atoms with Gasteiger partial charge < -0.3 is 18.9 Å². The van der Waals surface area contributed by atoms with E-state index in [2.05, 4.69) is 22.0 Å². The molecule has 0 unspecified atom stereocenters. The van der Waals surface area contributed by atoms with E-state index < -0.39 is 0 Å². The molecule has 4 rings (SSSR count). The Morgan fingerprint density at radius 3 is 2.74 bits per heavy atom. The summed E-state index contributed by atoms with van der Waals surface area (Å²) in [6, 6.07) is 9.68. The number of piperazine rings is 1. The maximum absolute atomic E-state index is 12.7. The van der Waals surface area contributed by atoms with Gasteiger partial charge in [-0.1, -0.05) is 24.2 Å². The first kappa shape index (κ1) is 24.0. The van der Waals surface area contributed by atoms with Gasteiger partial charge in [0.1, 0.15) is 0 Å². The van der Waals surface area contributed by atoms with Gasteiger partial charge in [-0.05, 0) is 48.6 Å². The molecule has 1 saturated heterocycles. The van der Waals surface area contributed by atoms with E-state index in [0.29, 0.717) is 50.3 Å². The minimum atomic E-state index is 0.00157. The third kappa shape index (κ3) is 6.24. The lowest BCUT2D eigenvalue weighted by Crippen LogP contribution is -2.47. The Hall–Kier alpha value is -3.17. The van der Waals surface area contributed by atoms with Gasteiger partial charge in [-0.25, -0.2) is 0 Å². The molecule has 0 saturated carbocycles. The first-order valence-electron chi connectivity index (χ1n) is 11.6. The lowest BCUT2D eigenvalue weighted by Gasteiger charge is -2.33. The van der Waals surface area contributed by atoms with E-state index in [9.17, 15) is 4.79 Å². The Kier molecular flexibility index (Phi) is 8.32. The molecule has 34 heavy (non-hydrogen) atoms. The summed E-state index contributed by atoms with van der Waals surface area (Å²) in [6.07, 6.45) is 4.38. The number of ether oxygens (including phenoxy) is 2. The van der Waals surface area contributed by atoms with Crippen molar-refractivity contribution in [1.82, 2.24) is 19.9 Å². The average molecular weight is 483 g/mol. The number of benzene rings is 1. The molecule has 0 spiro atoms. The van der Waals surface area contributed by atoms with Crippen molar-refractivity contribution in [3.05, 3.63) is 53.2 Å². The molecule has 0 aliphatic carbocycles. The minimum absolute atomic E-state index is 0.00157. The summed E-state index contributed by atoms with van der Waals surface area (Å²) >= 11 is 1.59. The highest BCUT2D eigenvalue weighted by Gasteiger charge is 2.21. The van der Waals surface area contributed by atoms with Crippen molar-refractivity contribution in [2.45, 2.75) is 26.8 Å². The van der Waals surface area contributed by atoms with Crippen molar-refractivity contribution in [3.63, 3.8) is 0 Å². The Morgan fingerprint density at radius 1 is 1.15 bits per heavy atom. The number of rotatable bonds is 10. The van der Waals surface area contributed by atoms with E-state index in [1.165, 1.54) is 0 Å². The summed E-state index contributed by atoms with van der Waals surface area (Å²) in [6.45, 7) is 8.62. The lowest BCUT2D eigenvalue weighted by molar-refractivity contribution is -0.127. The van der Waals surface area contributed by atoms with Gasteiger partial charge in [0.25, 0.3) is 0 Å². The van der Waals surface area contributed by atoms with Crippen LogP contribution in [0.5, 0.6) is 11.5 Å². The van der Waals surface area contributed by atoms with Crippen LogP contribution in [0.25, 0.3) is 16.8 Å². The second-order valence-electron chi connectivity index (χ2n) is 7.91. The van der Waals surface area contributed by atoms with Gasteiger partial charge in [-0.3, -0.25) is 9.69 Å². The van der Waals surface area contributed by atoms with E-state index in [4.69, 9.17) is 14.0 Å². The maximum Gasteiger partial charge on any atom is 0.246 e. The highest BCUT2D eigenvalue weighted by Crippen LogP contribution is 2.29. The Balaban J connectivity index is 1.28. The van der Waals surface area contributed by atoms with Crippen LogP contribution in [0.2, 0.25) is 0 Å². The van der Waals surface area contributed by atoms with Crippen molar-refractivity contribution in [1.29, 1.82) is 0 Å². The van der Waals surface area contributed by atoms with Crippen LogP contribution >= 0.6 is 11.3 Å². The molecule has 0 N–H and O–H groups in total. The standard InChI is InChI=1S/C25H30N4O4S/c1-3-15-32-20-9-7-19(17-21(20)31-4-2)8-10-24(30)29-13-11-28(12-14-29)18-23-26-25(27-33-23)22-6-5-16-34-22/h5-10,16-17H,3-4,11-15,18H2,1-2H3/b10-8+. The van der Waals surface area contributed by atoms with Crippen molar-refractivity contribution in [2.24, 2.45) is 0 Å². The highest BCUT2D eigenvalue weighted by atomic mass is 32.1. The number of hydrogen-bond acceptors (Lipinski definition) is 8. The van der Waals surface area contributed by atoms with Gasteiger partial charge in [0.15, 0.2) is 11.5 Å². The Morgan fingerprint density at radius 2 is 2.00 bits per heavy atom.